The molecule has 3 N–H and O–H groups in total. The van der Waals surface area contributed by atoms with Crippen molar-refractivity contribution >= 4 is 27.5 Å². The average Bonchev–Trinajstić information content (AvgIpc) is 2.80. The maximum atomic E-state index is 12.1. The Bertz CT molecular complexity index is 545. The van der Waals surface area contributed by atoms with E-state index in [1.807, 2.05) is 0 Å². The zero-order valence-corrected chi connectivity index (χ0v) is 12.3. The Kier molecular flexibility index (Phi) is 4.45. The van der Waals surface area contributed by atoms with Gasteiger partial charge in [0.25, 0.3) is 0 Å². The summed E-state index contributed by atoms with van der Waals surface area (Å²) in [4.78, 5) is 12.0. The minimum absolute atomic E-state index is 0.0615. The lowest BCUT2D eigenvalue weighted by Crippen LogP contribution is -2.51. The van der Waals surface area contributed by atoms with E-state index in [1.54, 1.807) is 0 Å². The summed E-state index contributed by atoms with van der Waals surface area (Å²) in [5, 5.41) is 2.54. The molecule has 1 aliphatic heterocycles. The van der Waals surface area contributed by atoms with Gasteiger partial charge >= 0.3 is 6.36 Å². The zero-order chi connectivity index (χ0) is 15.7. The van der Waals surface area contributed by atoms with Crippen LogP contribution in [0.3, 0.4) is 0 Å². The molecule has 1 aromatic carbocycles. The summed E-state index contributed by atoms with van der Waals surface area (Å²) in [5.74, 6) is -0.844. The summed E-state index contributed by atoms with van der Waals surface area (Å²) in [7, 11) is 0. The van der Waals surface area contributed by atoms with Gasteiger partial charge in [-0.1, -0.05) is 0 Å². The minimum atomic E-state index is -4.78. The van der Waals surface area contributed by atoms with E-state index in [2.05, 4.69) is 26.0 Å². The van der Waals surface area contributed by atoms with Crippen molar-refractivity contribution in [3.8, 4) is 5.75 Å². The van der Waals surface area contributed by atoms with E-state index in [-0.39, 0.29) is 11.1 Å². The summed E-state index contributed by atoms with van der Waals surface area (Å²) < 4.78 is 45.4. The second-order valence-corrected chi connectivity index (χ2v) is 5.46. The van der Waals surface area contributed by atoms with E-state index in [9.17, 15) is 18.0 Å². The molecule has 1 aliphatic rings. The highest BCUT2D eigenvalue weighted by Crippen LogP contribution is 2.32. The van der Waals surface area contributed by atoms with Crippen molar-refractivity contribution in [2.75, 3.05) is 18.5 Å². The number of carbonyl (C=O) groups is 1. The predicted molar refractivity (Wildman–Crippen MR) is 71.8 cm³/mol. The highest BCUT2D eigenvalue weighted by atomic mass is 79.9. The van der Waals surface area contributed by atoms with Crippen molar-refractivity contribution in [1.29, 1.82) is 0 Å². The number of nitrogens with one attached hydrogen (secondary N) is 1. The fourth-order valence-electron chi connectivity index (χ4n) is 1.80. The van der Waals surface area contributed by atoms with E-state index < -0.39 is 23.6 Å². The highest BCUT2D eigenvalue weighted by molar-refractivity contribution is 9.10. The van der Waals surface area contributed by atoms with Crippen LogP contribution in [0.1, 0.15) is 6.42 Å². The molecule has 1 atom stereocenters. The van der Waals surface area contributed by atoms with Crippen LogP contribution in [0.25, 0.3) is 0 Å². The predicted octanol–water partition coefficient (Wildman–Crippen LogP) is 2.40. The molecule has 1 fully saturated rings. The minimum Gasteiger partial charge on any atom is -0.405 e. The third-order valence-corrected chi connectivity index (χ3v) is 3.54. The lowest BCUT2D eigenvalue weighted by molar-refractivity contribution is -0.274. The van der Waals surface area contributed by atoms with Crippen molar-refractivity contribution in [2.45, 2.75) is 18.3 Å². The Labute approximate surface area is 126 Å². The first kappa shape index (κ1) is 16.1. The van der Waals surface area contributed by atoms with Crippen LogP contribution in [-0.2, 0) is 9.53 Å². The second kappa shape index (κ2) is 5.82. The van der Waals surface area contributed by atoms with Gasteiger partial charge in [0.15, 0.2) is 0 Å². The van der Waals surface area contributed by atoms with Crippen molar-refractivity contribution in [1.82, 2.24) is 0 Å². The smallest absolute Gasteiger partial charge is 0.405 e. The summed E-state index contributed by atoms with van der Waals surface area (Å²) in [6, 6.07) is 3.70. The molecule has 0 bridgehead atoms. The van der Waals surface area contributed by atoms with Crippen LogP contribution in [0.15, 0.2) is 22.7 Å². The molecule has 0 radical (unpaired) electrons. The molecule has 0 saturated carbocycles. The van der Waals surface area contributed by atoms with E-state index >= 15 is 0 Å². The molecule has 1 unspecified atom stereocenters. The van der Waals surface area contributed by atoms with Gasteiger partial charge in [-0.05, 0) is 40.5 Å². The lowest BCUT2D eigenvalue weighted by atomic mass is 9.99. The summed E-state index contributed by atoms with van der Waals surface area (Å²) in [5.41, 5.74) is 5.07. The monoisotopic (exact) mass is 368 g/mol. The Morgan fingerprint density at radius 2 is 2.19 bits per heavy atom. The molecule has 116 valence electrons. The molecular weight excluding hydrogens is 357 g/mol. The zero-order valence-electron chi connectivity index (χ0n) is 10.7. The maximum Gasteiger partial charge on any atom is 0.573 e. The second-order valence-electron chi connectivity index (χ2n) is 4.61. The molecule has 1 amide bonds. The third-order valence-electron chi connectivity index (χ3n) is 2.92. The number of hydrogen-bond donors (Lipinski definition) is 2. The largest absolute Gasteiger partial charge is 0.573 e. The number of hydrogen-bond acceptors (Lipinski definition) is 4. The molecule has 1 saturated heterocycles. The SMILES string of the molecule is NC1(C(=O)Nc2ccc(OC(F)(F)F)c(Br)c2)CCOC1. The first-order valence-corrected chi connectivity index (χ1v) is 6.72. The molecule has 1 aromatic rings. The first-order chi connectivity index (χ1) is 9.70. The third kappa shape index (κ3) is 4.08. The van der Waals surface area contributed by atoms with Gasteiger partial charge < -0.3 is 20.5 Å². The fraction of sp³-hybridized carbons (Fsp3) is 0.417. The van der Waals surface area contributed by atoms with Gasteiger partial charge in [-0.2, -0.15) is 0 Å². The molecule has 5 nitrogen and oxygen atoms in total. The number of benzene rings is 1. The number of ether oxygens (including phenoxy) is 2. The van der Waals surface area contributed by atoms with Crippen LogP contribution in [0.5, 0.6) is 5.75 Å². The quantitative estimate of drug-likeness (QED) is 0.858. The molecule has 21 heavy (non-hydrogen) atoms. The summed E-state index contributed by atoms with van der Waals surface area (Å²) in [6.07, 6.45) is -4.40. The number of rotatable bonds is 3. The number of halogens is 4. The van der Waals surface area contributed by atoms with Crippen LogP contribution < -0.4 is 15.8 Å². The Morgan fingerprint density at radius 3 is 2.71 bits per heavy atom. The van der Waals surface area contributed by atoms with Crippen LogP contribution in [0.2, 0.25) is 0 Å². The molecule has 2 rings (SSSR count). The first-order valence-electron chi connectivity index (χ1n) is 5.93. The van der Waals surface area contributed by atoms with Gasteiger partial charge in [0.05, 0.1) is 11.1 Å². The van der Waals surface area contributed by atoms with Gasteiger partial charge in [0.2, 0.25) is 5.91 Å². The van der Waals surface area contributed by atoms with Crippen LogP contribution in [0, 0.1) is 0 Å². The van der Waals surface area contributed by atoms with Crippen LogP contribution in [0.4, 0.5) is 18.9 Å². The topological polar surface area (TPSA) is 73.6 Å². The Morgan fingerprint density at radius 1 is 1.48 bits per heavy atom. The average molecular weight is 369 g/mol. The van der Waals surface area contributed by atoms with Crippen LogP contribution >= 0.6 is 15.9 Å². The van der Waals surface area contributed by atoms with Crippen molar-refractivity contribution in [3.05, 3.63) is 22.7 Å². The summed E-state index contributed by atoms with van der Waals surface area (Å²) in [6.45, 7) is 0.501. The number of nitrogens with two attached hydrogens (primary N) is 1. The molecule has 0 spiro atoms. The lowest BCUT2D eigenvalue weighted by Gasteiger charge is -2.21. The van der Waals surface area contributed by atoms with Crippen molar-refractivity contribution in [3.63, 3.8) is 0 Å². The molecule has 1 heterocycles. The molecule has 9 heteroatoms. The standard InChI is InChI=1S/C12H12BrF3N2O3/c13-8-5-7(1-2-9(8)21-12(14,15)16)18-10(19)11(17)3-4-20-6-11/h1-2,5H,3-4,6,17H2,(H,18,19). The Hall–Kier alpha value is -1.32. The van der Waals surface area contributed by atoms with Crippen LogP contribution in [-0.4, -0.2) is 31.0 Å². The van der Waals surface area contributed by atoms with Gasteiger partial charge in [0, 0.05) is 12.3 Å². The van der Waals surface area contributed by atoms with Gasteiger partial charge in [-0.15, -0.1) is 13.2 Å². The number of anilines is 1. The molecular formula is C12H12BrF3N2O3. The van der Waals surface area contributed by atoms with Gasteiger partial charge in [0.1, 0.15) is 11.3 Å². The van der Waals surface area contributed by atoms with E-state index in [0.29, 0.717) is 18.7 Å². The summed E-state index contributed by atoms with van der Waals surface area (Å²) >= 11 is 2.95. The van der Waals surface area contributed by atoms with Crippen molar-refractivity contribution < 1.29 is 27.4 Å². The number of alkyl halides is 3. The van der Waals surface area contributed by atoms with E-state index in [1.165, 1.54) is 12.1 Å². The number of carbonyl (C=O) groups excluding carboxylic acids is 1. The highest BCUT2D eigenvalue weighted by Gasteiger charge is 2.38. The van der Waals surface area contributed by atoms with Crippen molar-refractivity contribution in [2.24, 2.45) is 5.73 Å². The van der Waals surface area contributed by atoms with E-state index in [0.717, 1.165) is 6.07 Å². The molecule has 0 aliphatic carbocycles. The fourth-order valence-corrected chi connectivity index (χ4v) is 2.26. The molecule has 0 aromatic heterocycles. The number of amides is 1. The van der Waals surface area contributed by atoms with E-state index in [4.69, 9.17) is 10.5 Å². The van der Waals surface area contributed by atoms with Gasteiger partial charge in [-0.3, -0.25) is 4.79 Å². The van der Waals surface area contributed by atoms with Gasteiger partial charge in [-0.25, -0.2) is 0 Å². The maximum absolute atomic E-state index is 12.1. The Balaban J connectivity index is 2.08. The normalized spacial score (nSPS) is 22.1.